The van der Waals surface area contributed by atoms with Crippen molar-refractivity contribution < 1.29 is 14.3 Å². The van der Waals surface area contributed by atoms with Gasteiger partial charge in [-0.2, -0.15) is 0 Å². The Labute approximate surface area is 111 Å². The molecule has 1 aromatic carbocycles. The van der Waals surface area contributed by atoms with E-state index in [-0.39, 0.29) is 5.78 Å². The number of ether oxygens (including phenoxy) is 2. The van der Waals surface area contributed by atoms with Crippen LogP contribution in [0.3, 0.4) is 0 Å². The van der Waals surface area contributed by atoms with Gasteiger partial charge in [0.2, 0.25) is 0 Å². The van der Waals surface area contributed by atoms with Gasteiger partial charge in [0.1, 0.15) is 11.5 Å². The van der Waals surface area contributed by atoms with Gasteiger partial charge in [-0.1, -0.05) is 0 Å². The maximum absolute atomic E-state index is 11.4. The molecule has 5 heteroatoms. The van der Waals surface area contributed by atoms with Crippen molar-refractivity contribution in [1.82, 2.24) is 9.97 Å². The Morgan fingerprint density at radius 1 is 1.26 bits per heavy atom. The molecule has 0 bridgehead atoms. The first kappa shape index (κ1) is 13.1. The summed E-state index contributed by atoms with van der Waals surface area (Å²) in [5, 5.41) is 0. The summed E-state index contributed by atoms with van der Waals surface area (Å²) in [5.41, 5.74) is 2.36. The second kappa shape index (κ2) is 5.14. The molecule has 2 rings (SSSR count). The quantitative estimate of drug-likeness (QED) is 0.858. The Morgan fingerprint density at radius 2 is 2.00 bits per heavy atom. The molecule has 1 heterocycles. The number of H-pyrrole nitrogens is 1. The average Bonchev–Trinajstić information content (AvgIpc) is 2.80. The zero-order valence-electron chi connectivity index (χ0n) is 11.4. The van der Waals surface area contributed by atoms with Crippen LogP contribution in [0.25, 0.3) is 11.3 Å². The summed E-state index contributed by atoms with van der Waals surface area (Å²) in [6.45, 7) is 3.35. The first-order valence-corrected chi connectivity index (χ1v) is 5.86. The molecule has 1 aromatic heterocycles. The number of aromatic amines is 1. The number of benzene rings is 1. The molecule has 0 saturated carbocycles. The lowest BCUT2D eigenvalue weighted by Gasteiger charge is -2.09. The Balaban J connectivity index is 2.55. The number of imidazole rings is 1. The molecular weight excluding hydrogens is 244 g/mol. The highest BCUT2D eigenvalue weighted by atomic mass is 16.5. The molecule has 0 fully saturated rings. The molecule has 0 radical (unpaired) electrons. The highest BCUT2D eigenvalue weighted by molar-refractivity contribution is 5.91. The van der Waals surface area contributed by atoms with Crippen LogP contribution in [0.15, 0.2) is 18.2 Å². The van der Waals surface area contributed by atoms with Crippen molar-refractivity contribution in [3.05, 3.63) is 29.7 Å². The van der Waals surface area contributed by atoms with Crippen LogP contribution in [-0.2, 0) is 0 Å². The number of aryl methyl sites for hydroxylation is 1. The van der Waals surface area contributed by atoms with Gasteiger partial charge in [-0.25, -0.2) is 4.98 Å². The molecule has 19 heavy (non-hydrogen) atoms. The lowest BCUT2D eigenvalue weighted by atomic mass is 10.1. The second-order valence-electron chi connectivity index (χ2n) is 4.18. The molecule has 5 nitrogen and oxygen atoms in total. The minimum absolute atomic E-state index is 0.0955. The largest absolute Gasteiger partial charge is 0.497 e. The van der Waals surface area contributed by atoms with Gasteiger partial charge in [0.25, 0.3) is 0 Å². The van der Waals surface area contributed by atoms with Gasteiger partial charge in [0.05, 0.1) is 19.9 Å². The minimum atomic E-state index is -0.0955. The average molecular weight is 260 g/mol. The molecule has 0 spiro atoms. The van der Waals surface area contributed by atoms with Crippen molar-refractivity contribution in [3.63, 3.8) is 0 Å². The van der Waals surface area contributed by atoms with Crippen molar-refractivity contribution in [2.24, 2.45) is 0 Å². The molecule has 1 N–H and O–H groups in total. The van der Waals surface area contributed by atoms with Crippen LogP contribution in [0.4, 0.5) is 0 Å². The maximum Gasteiger partial charge on any atom is 0.195 e. The maximum atomic E-state index is 11.4. The molecule has 0 aliphatic heterocycles. The summed E-state index contributed by atoms with van der Waals surface area (Å²) in [7, 11) is 3.19. The third kappa shape index (κ3) is 2.45. The summed E-state index contributed by atoms with van der Waals surface area (Å²) < 4.78 is 10.5. The summed E-state index contributed by atoms with van der Waals surface area (Å²) in [6, 6.07) is 5.49. The SMILES string of the molecule is COc1ccc(-c2nc(C(C)=O)[nH]c2C)c(OC)c1. The molecule has 0 aliphatic rings. The van der Waals surface area contributed by atoms with Crippen LogP contribution < -0.4 is 9.47 Å². The number of nitrogens with one attached hydrogen (secondary N) is 1. The fourth-order valence-electron chi connectivity index (χ4n) is 1.88. The summed E-state index contributed by atoms with van der Waals surface area (Å²) in [6.07, 6.45) is 0. The molecule has 100 valence electrons. The summed E-state index contributed by atoms with van der Waals surface area (Å²) in [5.74, 6) is 1.62. The van der Waals surface area contributed by atoms with Crippen LogP contribution in [0.1, 0.15) is 23.2 Å². The zero-order chi connectivity index (χ0) is 14.0. The fraction of sp³-hybridized carbons (Fsp3) is 0.286. The van der Waals surface area contributed by atoms with Gasteiger partial charge >= 0.3 is 0 Å². The zero-order valence-corrected chi connectivity index (χ0v) is 11.4. The van der Waals surface area contributed by atoms with Crippen LogP contribution >= 0.6 is 0 Å². The van der Waals surface area contributed by atoms with Crippen molar-refractivity contribution in [3.8, 4) is 22.8 Å². The first-order chi connectivity index (χ1) is 9.06. The Bertz CT molecular complexity index is 617. The van der Waals surface area contributed by atoms with Crippen LogP contribution in [-0.4, -0.2) is 30.0 Å². The third-order valence-corrected chi connectivity index (χ3v) is 2.88. The molecule has 0 amide bonds. The smallest absolute Gasteiger partial charge is 0.195 e. The van der Waals surface area contributed by atoms with Gasteiger partial charge < -0.3 is 14.5 Å². The number of rotatable bonds is 4. The number of Topliss-reactive ketones (excluding diaryl/α,β-unsaturated/α-hetero) is 1. The van der Waals surface area contributed by atoms with E-state index in [1.165, 1.54) is 6.92 Å². The van der Waals surface area contributed by atoms with Gasteiger partial charge in [-0.05, 0) is 19.1 Å². The van der Waals surface area contributed by atoms with Gasteiger partial charge in [-0.3, -0.25) is 4.79 Å². The van der Waals surface area contributed by atoms with Crippen LogP contribution in [0.2, 0.25) is 0 Å². The number of carbonyl (C=O) groups is 1. The standard InChI is InChI=1S/C14H16N2O3/c1-8-13(16-14(15-8)9(2)17)11-6-5-10(18-3)7-12(11)19-4/h5-7H,1-4H3,(H,15,16). The lowest BCUT2D eigenvalue weighted by molar-refractivity contribution is 0.100. The van der Waals surface area contributed by atoms with E-state index in [4.69, 9.17) is 9.47 Å². The highest BCUT2D eigenvalue weighted by Crippen LogP contribution is 2.33. The number of aromatic nitrogens is 2. The number of methoxy groups -OCH3 is 2. The monoisotopic (exact) mass is 260 g/mol. The third-order valence-electron chi connectivity index (χ3n) is 2.88. The Hall–Kier alpha value is -2.30. The first-order valence-electron chi connectivity index (χ1n) is 5.86. The van der Waals surface area contributed by atoms with Gasteiger partial charge in [-0.15, -0.1) is 0 Å². The van der Waals surface area contributed by atoms with E-state index >= 15 is 0 Å². The minimum Gasteiger partial charge on any atom is -0.497 e. The number of nitrogens with zero attached hydrogens (tertiary/aromatic N) is 1. The van der Waals surface area contributed by atoms with E-state index in [2.05, 4.69) is 9.97 Å². The van der Waals surface area contributed by atoms with Crippen molar-refractivity contribution in [1.29, 1.82) is 0 Å². The van der Waals surface area contributed by atoms with Crippen molar-refractivity contribution in [2.75, 3.05) is 14.2 Å². The lowest BCUT2D eigenvalue weighted by Crippen LogP contribution is -1.94. The number of carbonyl (C=O) groups excluding carboxylic acids is 1. The Kier molecular flexibility index (Phi) is 3.55. The van der Waals surface area contributed by atoms with E-state index in [0.717, 1.165) is 11.3 Å². The van der Waals surface area contributed by atoms with E-state index in [1.54, 1.807) is 20.3 Å². The fourth-order valence-corrected chi connectivity index (χ4v) is 1.88. The molecule has 2 aromatic rings. The summed E-state index contributed by atoms with van der Waals surface area (Å²) in [4.78, 5) is 18.6. The van der Waals surface area contributed by atoms with E-state index in [1.807, 2.05) is 19.1 Å². The van der Waals surface area contributed by atoms with Crippen LogP contribution in [0.5, 0.6) is 11.5 Å². The Morgan fingerprint density at radius 3 is 2.53 bits per heavy atom. The predicted molar refractivity (Wildman–Crippen MR) is 71.9 cm³/mol. The second-order valence-corrected chi connectivity index (χ2v) is 4.18. The molecule has 0 saturated heterocycles. The highest BCUT2D eigenvalue weighted by Gasteiger charge is 2.15. The molecular formula is C14H16N2O3. The van der Waals surface area contributed by atoms with Gasteiger partial charge in [0, 0.05) is 24.2 Å². The van der Waals surface area contributed by atoms with Crippen LogP contribution in [0, 0.1) is 6.92 Å². The number of ketones is 1. The van der Waals surface area contributed by atoms with E-state index in [9.17, 15) is 4.79 Å². The predicted octanol–water partition coefficient (Wildman–Crippen LogP) is 2.60. The van der Waals surface area contributed by atoms with Gasteiger partial charge in [0.15, 0.2) is 11.6 Å². The van der Waals surface area contributed by atoms with E-state index in [0.29, 0.717) is 23.0 Å². The van der Waals surface area contributed by atoms with Crippen molar-refractivity contribution >= 4 is 5.78 Å². The van der Waals surface area contributed by atoms with Crippen molar-refractivity contribution in [2.45, 2.75) is 13.8 Å². The number of hydrogen-bond donors (Lipinski definition) is 1. The molecule has 0 aliphatic carbocycles. The number of hydrogen-bond acceptors (Lipinski definition) is 4. The molecule has 0 unspecified atom stereocenters. The normalized spacial score (nSPS) is 10.3. The topological polar surface area (TPSA) is 64.2 Å². The molecule has 0 atom stereocenters. The summed E-state index contributed by atoms with van der Waals surface area (Å²) >= 11 is 0. The van der Waals surface area contributed by atoms with E-state index < -0.39 is 0 Å².